The van der Waals surface area contributed by atoms with E-state index in [9.17, 15) is 9.18 Å². The molecule has 0 radical (unpaired) electrons. The van der Waals surface area contributed by atoms with Crippen LogP contribution in [0.2, 0.25) is 0 Å². The molecule has 0 bridgehead atoms. The molecule has 0 unspecified atom stereocenters. The van der Waals surface area contributed by atoms with Gasteiger partial charge in [0, 0.05) is 6.54 Å². The maximum atomic E-state index is 13.1. The second-order valence-electron chi connectivity index (χ2n) is 3.94. The highest BCUT2D eigenvalue weighted by molar-refractivity contribution is 5.78. The van der Waals surface area contributed by atoms with Gasteiger partial charge in [0.2, 0.25) is 5.91 Å². The van der Waals surface area contributed by atoms with Crippen molar-refractivity contribution in [2.45, 2.75) is 6.10 Å². The third-order valence-corrected chi connectivity index (χ3v) is 2.72. The number of morpholine rings is 1. The Morgan fingerprint density at radius 3 is 3.12 bits per heavy atom. The third-order valence-electron chi connectivity index (χ3n) is 2.72. The van der Waals surface area contributed by atoms with Gasteiger partial charge < -0.3 is 9.64 Å². The fourth-order valence-electron chi connectivity index (χ4n) is 1.86. The number of amides is 1. The first-order chi connectivity index (χ1) is 8.20. The number of benzene rings is 1. The molecular formula is C13H14FNO2. The number of carbonyl (C=O) groups is 1. The summed E-state index contributed by atoms with van der Waals surface area (Å²) in [5, 5.41) is 0. The maximum Gasteiger partial charge on any atom is 0.248 e. The van der Waals surface area contributed by atoms with Crippen LogP contribution in [-0.4, -0.2) is 30.5 Å². The van der Waals surface area contributed by atoms with E-state index in [1.54, 1.807) is 23.1 Å². The SMILES string of the molecule is C=CCN1C[C@H](c2cccc(F)c2)OCC1=O. The maximum absolute atomic E-state index is 13.1. The standard InChI is InChI=1S/C13H14FNO2/c1-2-6-15-8-12(17-9-13(15)16)10-4-3-5-11(14)7-10/h2-5,7,12H,1,6,8-9H2/t12-/m1/s1. The lowest BCUT2D eigenvalue weighted by atomic mass is 10.1. The molecule has 4 heteroatoms. The zero-order chi connectivity index (χ0) is 12.3. The summed E-state index contributed by atoms with van der Waals surface area (Å²) in [6.07, 6.45) is 1.41. The van der Waals surface area contributed by atoms with Crippen molar-refractivity contribution < 1.29 is 13.9 Å². The van der Waals surface area contributed by atoms with Crippen molar-refractivity contribution >= 4 is 5.91 Å². The second-order valence-corrected chi connectivity index (χ2v) is 3.94. The minimum atomic E-state index is -0.293. The molecule has 1 aliphatic heterocycles. The van der Waals surface area contributed by atoms with Crippen LogP contribution in [-0.2, 0) is 9.53 Å². The van der Waals surface area contributed by atoms with Crippen LogP contribution in [0.25, 0.3) is 0 Å². The molecule has 0 N–H and O–H groups in total. The van der Waals surface area contributed by atoms with Gasteiger partial charge in [-0.25, -0.2) is 4.39 Å². The fraction of sp³-hybridized carbons (Fsp3) is 0.308. The largest absolute Gasteiger partial charge is 0.362 e. The number of halogens is 1. The predicted molar refractivity (Wildman–Crippen MR) is 61.9 cm³/mol. The van der Waals surface area contributed by atoms with Crippen LogP contribution in [0.3, 0.4) is 0 Å². The predicted octanol–water partition coefficient (Wildman–Crippen LogP) is 1.91. The number of ether oxygens (including phenoxy) is 1. The lowest BCUT2D eigenvalue weighted by molar-refractivity contribution is -0.148. The van der Waals surface area contributed by atoms with Gasteiger partial charge in [-0.05, 0) is 17.7 Å². The first-order valence-corrected chi connectivity index (χ1v) is 5.46. The Morgan fingerprint density at radius 1 is 1.59 bits per heavy atom. The molecule has 1 heterocycles. The van der Waals surface area contributed by atoms with Gasteiger partial charge in [0.25, 0.3) is 0 Å². The lowest BCUT2D eigenvalue weighted by Crippen LogP contribution is -2.43. The van der Waals surface area contributed by atoms with Gasteiger partial charge in [-0.2, -0.15) is 0 Å². The fourth-order valence-corrected chi connectivity index (χ4v) is 1.86. The summed E-state index contributed by atoms with van der Waals surface area (Å²) in [5.74, 6) is -0.351. The van der Waals surface area contributed by atoms with E-state index in [0.29, 0.717) is 13.1 Å². The molecule has 1 amide bonds. The Kier molecular flexibility index (Phi) is 3.54. The average molecular weight is 235 g/mol. The Morgan fingerprint density at radius 2 is 2.41 bits per heavy atom. The van der Waals surface area contributed by atoms with Crippen LogP contribution < -0.4 is 0 Å². The Bertz CT molecular complexity index is 433. The molecule has 90 valence electrons. The molecule has 1 fully saturated rings. The molecule has 3 nitrogen and oxygen atoms in total. The highest BCUT2D eigenvalue weighted by Gasteiger charge is 2.26. The molecule has 2 rings (SSSR count). The Hall–Kier alpha value is -1.68. The number of nitrogens with zero attached hydrogens (tertiary/aromatic N) is 1. The van der Waals surface area contributed by atoms with Crippen LogP contribution in [0.4, 0.5) is 4.39 Å². The smallest absolute Gasteiger partial charge is 0.248 e. The molecule has 1 aromatic carbocycles. The van der Waals surface area contributed by atoms with Gasteiger partial charge in [0.15, 0.2) is 0 Å². The topological polar surface area (TPSA) is 29.5 Å². The van der Waals surface area contributed by atoms with Crippen molar-refractivity contribution in [2.24, 2.45) is 0 Å². The van der Waals surface area contributed by atoms with Crippen LogP contribution >= 0.6 is 0 Å². The van der Waals surface area contributed by atoms with E-state index in [0.717, 1.165) is 5.56 Å². The number of hydrogen-bond donors (Lipinski definition) is 0. The minimum Gasteiger partial charge on any atom is -0.362 e. The van der Waals surface area contributed by atoms with Gasteiger partial charge >= 0.3 is 0 Å². The Balaban J connectivity index is 2.12. The van der Waals surface area contributed by atoms with Crippen LogP contribution in [0.5, 0.6) is 0 Å². The molecular weight excluding hydrogens is 221 g/mol. The summed E-state index contributed by atoms with van der Waals surface area (Å²) in [5.41, 5.74) is 0.756. The highest BCUT2D eigenvalue weighted by atomic mass is 19.1. The zero-order valence-electron chi connectivity index (χ0n) is 9.43. The van der Waals surface area contributed by atoms with Gasteiger partial charge in [-0.1, -0.05) is 18.2 Å². The quantitative estimate of drug-likeness (QED) is 0.749. The third kappa shape index (κ3) is 2.71. The van der Waals surface area contributed by atoms with Crippen molar-refractivity contribution in [1.82, 2.24) is 4.90 Å². The van der Waals surface area contributed by atoms with E-state index in [-0.39, 0.29) is 24.4 Å². The summed E-state index contributed by atoms with van der Waals surface area (Å²) in [6.45, 7) is 4.58. The molecule has 0 saturated carbocycles. The average Bonchev–Trinajstić information content (AvgIpc) is 2.32. The van der Waals surface area contributed by atoms with Gasteiger partial charge in [0.1, 0.15) is 18.5 Å². The first-order valence-electron chi connectivity index (χ1n) is 5.46. The molecule has 0 spiro atoms. The van der Waals surface area contributed by atoms with Crippen LogP contribution in [0.15, 0.2) is 36.9 Å². The molecule has 1 aliphatic rings. The Labute approximate surface area is 99.5 Å². The molecule has 1 atom stereocenters. The van der Waals surface area contributed by atoms with E-state index < -0.39 is 0 Å². The minimum absolute atomic E-state index is 0.0367. The van der Waals surface area contributed by atoms with Crippen molar-refractivity contribution in [3.63, 3.8) is 0 Å². The molecule has 1 saturated heterocycles. The highest BCUT2D eigenvalue weighted by Crippen LogP contribution is 2.23. The number of carbonyl (C=O) groups excluding carboxylic acids is 1. The first kappa shape index (κ1) is 11.8. The number of rotatable bonds is 3. The molecule has 17 heavy (non-hydrogen) atoms. The summed E-state index contributed by atoms with van der Waals surface area (Å²) < 4.78 is 18.5. The van der Waals surface area contributed by atoms with Crippen LogP contribution in [0.1, 0.15) is 11.7 Å². The van der Waals surface area contributed by atoms with Gasteiger partial charge in [-0.15, -0.1) is 6.58 Å². The molecule has 1 aromatic rings. The van der Waals surface area contributed by atoms with Crippen molar-refractivity contribution in [1.29, 1.82) is 0 Å². The van der Waals surface area contributed by atoms with E-state index in [1.807, 2.05) is 0 Å². The van der Waals surface area contributed by atoms with E-state index in [2.05, 4.69) is 6.58 Å². The van der Waals surface area contributed by atoms with Crippen LogP contribution in [0, 0.1) is 5.82 Å². The zero-order valence-corrected chi connectivity index (χ0v) is 9.43. The monoisotopic (exact) mass is 235 g/mol. The normalized spacial score (nSPS) is 20.4. The lowest BCUT2D eigenvalue weighted by Gasteiger charge is -2.32. The van der Waals surface area contributed by atoms with Gasteiger partial charge in [0.05, 0.1) is 6.54 Å². The van der Waals surface area contributed by atoms with Crippen molar-refractivity contribution in [3.8, 4) is 0 Å². The van der Waals surface area contributed by atoms with E-state index >= 15 is 0 Å². The van der Waals surface area contributed by atoms with E-state index in [1.165, 1.54) is 12.1 Å². The van der Waals surface area contributed by atoms with Crippen molar-refractivity contribution in [2.75, 3.05) is 19.7 Å². The summed E-state index contributed by atoms with van der Waals surface area (Å²) in [4.78, 5) is 13.2. The van der Waals surface area contributed by atoms with Crippen molar-refractivity contribution in [3.05, 3.63) is 48.3 Å². The second kappa shape index (κ2) is 5.10. The molecule has 0 aliphatic carbocycles. The van der Waals surface area contributed by atoms with E-state index in [4.69, 9.17) is 4.74 Å². The summed E-state index contributed by atoms with van der Waals surface area (Å²) in [7, 11) is 0. The summed E-state index contributed by atoms with van der Waals surface area (Å²) >= 11 is 0. The van der Waals surface area contributed by atoms with Gasteiger partial charge in [-0.3, -0.25) is 4.79 Å². The number of hydrogen-bond acceptors (Lipinski definition) is 2. The summed E-state index contributed by atoms with van der Waals surface area (Å²) in [6, 6.07) is 6.27. The molecule has 0 aromatic heterocycles.